The maximum absolute atomic E-state index is 10.0. The van der Waals surface area contributed by atoms with E-state index in [1.165, 1.54) is 58.3 Å². The van der Waals surface area contributed by atoms with Gasteiger partial charge < -0.3 is 5.11 Å². The van der Waals surface area contributed by atoms with Gasteiger partial charge >= 0.3 is 0 Å². The first-order chi connectivity index (χ1) is 16.6. The number of aliphatic hydroxyl groups is 1. The van der Waals surface area contributed by atoms with Crippen LogP contribution in [0.25, 0.3) is 33.2 Å². The molecule has 0 spiro atoms. The molecule has 0 saturated carbocycles. The van der Waals surface area contributed by atoms with E-state index in [2.05, 4.69) is 92.4 Å². The Bertz CT molecular complexity index is 1430. The Kier molecular flexibility index (Phi) is 8.83. The van der Waals surface area contributed by atoms with E-state index in [1.54, 1.807) is 0 Å². The van der Waals surface area contributed by atoms with Crippen LogP contribution in [-0.2, 0) is 37.7 Å². The first-order valence-corrected chi connectivity index (χ1v) is 15.6. The van der Waals surface area contributed by atoms with Crippen molar-refractivity contribution in [2.75, 3.05) is 0 Å². The average Bonchev–Trinajstić information content (AvgIpc) is 2.82. The molecule has 1 heterocycles. The Balaban J connectivity index is 0.000000400. The molecule has 1 aliphatic carbocycles. The molecule has 0 unspecified atom stereocenters. The Hall–Kier alpha value is -2.85. The number of rotatable bonds is 3. The summed E-state index contributed by atoms with van der Waals surface area (Å²) < 4.78 is 0. The standard InChI is InChI=1S/C26H24NSi.C5H8O2.Ir/c1-28(2,3)26-17-20(16-19-9-5-7-11-22(19)26)24-15-13-23-21-10-6-4-8-18(21)12-14-25(23)27-24;1-4(6)3-5(2)7;/h4-11,13,15,17H,12,14H2,1-3H3;3,6H,1-2H3;/q-1;;/b;4-3-;. The van der Waals surface area contributed by atoms with Crippen molar-refractivity contribution >= 4 is 29.8 Å². The number of allylic oxidation sites excluding steroid dienone is 2. The average molecular weight is 671 g/mol. The molecule has 3 aromatic carbocycles. The van der Waals surface area contributed by atoms with Crippen LogP contribution < -0.4 is 5.19 Å². The molecule has 0 saturated heterocycles. The number of aliphatic hydroxyl groups excluding tert-OH is 1. The van der Waals surface area contributed by atoms with Crippen LogP contribution in [0, 0.1) is 6.07 Å². The summed E-state index contributed by atoms with van der Waals surface area (Å²) in [6, 6.07) is 27.8. The summed E-state index contributed by atoms with van der Waals surface area (Å²) in [5.41, 5.74) is 7.45. The number of pyridine rings is 1. The van der Waals surface area contributed by atoms with E-state index in [1.807, 2.05) is 0 Å². The largest absolute Gasteiger partial charge is 0.512 e. The second-order valence-corrected chi connectivity index (χ2v) is 15.2. The van der Waals surface area contributed by atoms with Gasteiger partial charge in [0.15, 0.2) is 5.78 Å². The van der Waals surface area contributed by atoms with Gasteiger partial charge in [-0.25, -0.2) is 0 Å². The minimum Gasteiger partial charge on any atom is -0.512 e. The number of carbonyl (C=O) groups excluding carboxylic acids is 1. The monoisotopic (exact) mass is 671 g/mol. The van der Waals surface area contributed by atoms with Crippen LogP contribution in [0.4, 0.5) is 0 Å². The van der Waals surface area contributed by atoms with E-state index < -0.39 is 8.07 Å². The summed E-state index contributed by atoms with van der Waals surface area (Å²) in [5.74, 6) is -0.0625. The van der Waals surface area contributed by atoms with Crippen molar-refractivity contribution < 1.29 is 30.0 Å². The number of hydrogen-bond donors (Lipinski definition) is 1. The Labute approximate surface area is 228 Å². The van der Waals surface area contributed by atoms with Gasteiger partial charge in [-0.15, -0.1) is 28.8 Å². The molecule has 36 heavy (non-hydrogen) atoms. The molecule has 0 aliphatic heterocycles. The van der Waals surface area contributed by atoms with Crippen LogP contribution in [0.2, 0.25) is 19.6 Å². The Morgan fingerprint density at radius 2 is 1.64 bits per heavy atom. The van der Waals surface area contributed by atoms with Crippen LogP contribution in [-0.4, -0.2) is 23.9 Å². The number of aryl methyl sites for hydroxylation is 2. The van der Waals surface area contributed by atoms with Gasteiger partial charge in [0.25, 0.3) is 0 Å². The number of ketones is 1. The SMILES string of the molecule is CC(=O)/C=C(/C)O.C[Si](C)(C)c1cc(-c2ccc3c(n2)CCc2ccccc2-3)[c-]c2ccccc12.[Ir]. The van der Waals surface area contributed by atoms with Gasteiger partial charge in [0.2, 0.25) is 0 Å². The summed E-state index contributed by atoms with van der Waals surface area (Å²) in [5, 5.41) is 12.4. The molecule has 187 valence electrons. The quantitative estimate of drug-likeness (QED) is 0.110. The van der Waals surface area contributed by atoms with E-state index in [0.717, 1.165) is 24.1 Å². The van der Waals surface area contributed by atoms with Crippen molar-refractivity contribution in [3.63, 3.8) is 0 Å². The molecule has 0 bridgehead atoms. The van der Waals surface area contributed by atoms with Gasteiger partial charge in [-0.2, -0.15) is 0 Å². The van der Waals surface area contributed by atoms with E-state index in [0.29, 0.717) is 0 Å². The normalized spacial score (nSPS) is 12.5. The summed E-state index contributed by atoms with van der Waals surface area (Å²) in [6.45, 7) is 10.1. The third-order valence-electron chi connectivity index (χ3n) is 6.18. The van der Waals surface area contributed by atoms with Crippen LogP contribution in [0.15, 0.2) is 78.6 Å². The number of aromatic nitrogens is 1. The van der Waals surface area contributed by atoms with Crippen LogP contribution in [0.5, 0.6) is 0 Å². The van der Waals surface area contributed by atoms with Gasteiger partial charge in [0.05, 0.1) is 13.8 Å². The smallest absolute Gasteiger partial charge is 0.155 e. The third kappa shape index (κ3) is 6.28. The molecule has 3 nitrogen and oxygen atoms in total. The van der Waals surface area contributed by atoms with Crippen LogP contribution in [0.3, 0.4) is 0 Å². The summed E-state index contributed by atoms with van der Waals surface area (Å²) in [4.78, 5) is 15.1. The van der Waals surface area contributed by atoms with Crippen molar-refractivity contribution in [2.24, 2.45) is 0 Å². The fourth-order valence-corrected chi connectivity index (χ4v) is 6.23. The minimum atomic E-state index is -1.49. The zero-order valence-electron chi connectivity index (χ0n) is 21.5. The van der Waals surface area contributed by atoms with E-state index in [9.17, 15) is 4.79 Å². The van der Waals surface area contributed by atoms with Crippen LogP contribution >= 0.6 is 0 Å². The summed E-state index contributed by atoms with van der Waals surface area (Å²) >= 11 is 0. The zero-order valence-corrected chi connectivity index (χ0v) is 24.9. The van der Waals surface area contributed by atoms with Crippen molar-refractivity contribution in [1.82, 2.24) is 4.98 Å². The number of benzene rings is 3. The molecule has 5 rings (SSSR count). The Morgan fingerprint density at radius 3 is 2.31 bits per heavy atom. The van der Waals surface area contributed by atoms with Crippen molar-refractivity contribution in [3.8, 4) is 22.4 Å². The maximum atomic E-state index is 10.0. The van der Waals surface area contributed by atoms with E-state index >= 15 is 0 Å². The second kappa shape index (κ2) is 11.5. The molecule has 5 heteroatoms. The molecule has 1 aromatic heterocycles. The summed E-state index contributed by atoms with van der Waals surface area (Å²) in [7, 11) is -1.49. The van der Waals surface area contributed by atoms with Crippen LogP contribution in [0.1, 0.15) is 25.1 Å². The molecule has 0 amide bonds. The number of nitrogens with zero attached hydrogens (tertiary/aromatic N) is 1. The first kappa shape index (κ1) is 27.7. The fraction of sp³-hybridized carbons (Fsp3) is 0.226. The van der Waals surface area contributed by atoms with E-state index in [4.69, 9.17) is 10.1 Å². The maximum Gasteiger partial charge on any atom is 0.155 e. The molecule has 1 aliphatic rings. The topological polar surface area (TPSA) is 50.2 Å². The molecule has 4 aromatic rings. The van der Waals surface area contributed by atoms with Gasteiger partial charge in [-0.3, -0.25) is 9.78 Å². The zero-order chi connectivity index (χ0) is 25.2. The van der Waals surface area contributed by atoms with Gasteiger partial charge in [-0.1, -0.05) is 85.2 Å². The first-order valence-electron chi connectivity index (χ1n) is 12.1. The predicted octanol–water partition coefficient (Wildman–Crippen LogP) is 7.05. The van der Waals surface area contributed by atoms with Gasteiger partial charge in [0, 0.05) is 43.1 Å². The predicted molar refractivity (Wildman–Crippen MR) is 149 cm³/mol. The third-order valence-corrected chi connectivity index (χ3v) is 8.21. The molecule has 1 N–H and O–H groups in total. The number of fused-ring (bicyclic) bond motifs is 4. The molecular weight excluding hydrogens is 639 g/mol. The van der Waals surface area contributed by atoms with Gasteiger partial charge in [0.1, 0.15) is 0 Å². The van der Waals surface area contributed by atoms with Crippen molar-refractivity contribution in [1.29, 1.82) is 0 Å². The van der Waals surface area contributed by atoms with Crippen molar-refractivity contribution in [3.05, 3.63) is 95.9 Å². The molecule has 0 fully saturated rings. The molecule has 0 atom stereocenters. The van der Waals surface area contributed by atoms with Gasteiger partial charge in [-0.05, 0) is 37.8 Å². The number of carbonyl (C=O) groups is 1. The molecule has 1 radical (unpaired) electrons. The Morgan fingerprint density at radius 1 is 0.944 bits per heavy atom. The van der Waals surface area contributed by atoms with Crippen molar-refractivity contribution in [2.45, 2.75) is 46.3 Å². The number of hydrogen-bond acceptors (Lipinski definition) is 3. The summed E-state index contributed by atoms with van der Waals surface area (Å²) in [6.07, 6.45) is 3.25. The second-order valence-electron chi connectivity index (χ2n) is 10.1. The van der Waals surface area contributed by atoms with E-state index in [-0.39, 0.29) is 31.6 Å². The molecular formula is C31H32IrNO2Si-. The fourth-order valence-electron chi connectivity index (χ4n) is 4.62. The minimum absolute atomic E-state index is 0.